The van der Waals surface area contributed by atoms with Crippen molar-refractivity contribution in [1.29, 1.82) is 0 Å². The molecule has 1 aliphatic heterocycles. The van der Waals surface area contributed by atoms with Crippen molar-refractivity contribution in [2.45, 2.75) is 71.6 Å². The molecule has 0 N–H and O–H groups in total. The van der Waals surface area contributed by atoms with Crippen molar-refractivity contribution in [3.8, 4) is 0 Å². The van der Waals surface area contributed by atoms with Crippen LogP contribution in [0.3, 0.4) is 0 Å². The third-order valence-corrected chi connectivity index (χ3v) is 3.31. The molecule has 0 aromatic carbocycles. The molecule has 0 radical (unpaired) electrons. The van der Waals surface area contributed by atoms with Gasteiger partial charge < -0.3 is 9.47 Å². The van der Waals surface area contributed by atoms with Crippen LogP contribution < -0.4 is 0 Å². The monoisotopic (exact) mass is 257 g/mol. The Morgan fingerprint density at radius 3 is 1.89 bits per heavy atom. The standard InChI is InChI=1S/C15H31NO2/c1-13(2,3)18-15(6,7)12-14(4,5)16-8-10-17-11-9-16/h8-12H2,1-7H3. The van der Waals surface area contributed by atoms with Gasteiger partial charge in [-0.05, 0) is 54.9 Å². The molecule has 0 aromatic heterocycles. The third kappa shape index (κ3) is 5.25. The first-order valence-corrected chi connectivity index (χ1v) is 7.05. The van der Waals surface area contributed by atoms with Crippen LogP contribution in [0.4, 0.5) is 0 Å². The van der Waals surface area contributed by atoms with Gasteiger partial charge in [-0.15, -0.1) is 0 Å². The second kappa shape index (κ2) is 5.48. The fourth-order valence-corrected chi connectivity index (χ4v) is 3.19. The number of hydrogen-bond donors (Lipinski definition) is 0. The van der Waals surface area contributed by atoms with E-state index in [1.54, 1.807) is 0 Å². The van der Waals surface area contributed by atoms with Gasteiger partial charge in [-0.3, -0.25) is 4.90 Å². The Labute approximate surface area is 113 Å². The largest absolute Gasteiger partial charge is 0.379 e. The average Bonchev–Trinajstić information content (AvgIpc) is 2.13. The first-order chi connectivity index (χ1) is 8.02. The van der Waals surface area contributed by atoms with E-state index in [0.717, 1.165) is 32.7 Å². The van der Waals surface area contributed by atoms with E-state index in [1.807, 2.05) is 0 Å². The molecule has 0 saturated carbocycles. The lowest BCUT2D eigenvalue weighted by Gasteiger charge is -2.46. The molecule has 108 valence electrons. The maximum atomic E-state index is 6.19. The molecule has 1 saturated heterocycles. The van der Waals surface area contributed by atoms with Crippen LogP contribution in [0.2, 0.25) is 0 Å². The Balaban J connectivity index is 2.62. The quantitative estimate of drug-likeness (QED) is 0.772. The van der Waals surface area contributed by atoms with E-state index in [4.69, 9.17) is 9.47 Å². The molecule has 1 fully saturated rings. The number of nitrogens with zero attached hydrogens (tertiary/aromatic N) is 1. The molecule has 1 rings (SSSR count). The molecule has 1 aliphatic rings. The van der Waals surface area contributed by atoms with Crippen LogP contribution in [0.25, 0.3) is 0 Å². The molecule has 0 aromatic rings. The maximum absolute atomic E-state index is 6.19. The summed E-state index contributed by atoms with van der Waals surface area (Å²) in [5.74, 6) is 0. The number of hydrogen-bond acceptors (Lipinski definition) is 3. The molecule has 1 heterocycles. The molecule has 0 amide bonds. The molecule has 18 heavy (non-hydrogen) atoms. The second-order valence-electron chi connectivity index (χ2n) is 7.56. The summed E-state index contributed by atoms with van der Waals surface area (Å²) < 4.78 is 11.6. The van der Waals surface area contributed by atoms with E-state index in [0.29, 0.717) is 0 Å². The van der Waals surface area contributed by atoms with Crippen LogP contribution in [0.1, 0.15) is 54.9 Å². The Kier molecular flexibility index (Phi) is 4.85. The SMILES string of the molecule is CC(C)(C)OC(C)(C)CC(C)(C)N1CCOCC1. The highest BCUT2D eigenvalue weighted by Crippen LogP contribution is 2.31. The van der Waals surface area contributed by atoms with Crippen molar-refractivity contribution in [2.24, 2.45) is 0 Å². The molecule has 3 heteroatoms. The highest BCUT2D eigenvalue weighted by molar-refractivity contribution is 4.90. The number of morpholine rings is 1. The first kappa shape index (κ1) is 15.9. The van der Waals surface area contributed by atoms with Crippen LogP contribution in [0, 0.1) is 0 Å². The Hall–Kier alpha value is -0.120. The van der Waals surface area contributed by atoms with Gasteiger partial charge in [0.15, 0.2) is 0 Å². The summed E-state index contributed by atoms with van der Waals surface area (Å²) in [6.45, 7) is 19.1. The van der Waals surface area contributed by atoms with Crippen molar-refractivity contribution in [3.63, 3.8) is 0 Å². The van der Waals surface area contributed by atoms with E-state index in [2.05, 4.69) is 53.4 Å². The van der Waals surface area contributed by atoms with Crippen LogP contribution in [-0.4, -0.2) is 47.9 Å². The van der Waals surface area contributed by atoms with Gasteiger partial charge in [-0.1, -0.05) is 0 Å². The number of rotatable bonds is 4. The predicted molar refractivity (Wildman–Crippen MR) is 76.0 cm³/mol. The van der Waals surface area contributed by atoms with Crippen molar-refractivity contribution in [1.82, 2.24) is 4.90 Å². The third-order valence-electron chi connectivity index (χ3n) is 3.31. The highest BCUT2D eigenvalue weighted by atomic mass is 16.5. The number of ether oxygens (including phenoxy) is 2. The normalized spacial score (nSPS) is 20.2. The smallest absolute Gasteiger partial charge is 0.0651 e. The van der Waals surface area contributed by atoms with Gasteiger partial charge in [0, 0.05) is 18.6 Å². The van der Waals surface area contributed by atoms with Gasteiger partial charge in [-0.2, -0.15) is 0 Å². The second-order valence-corrected chi connectivity index (χ2v) is 7.56. The minimum absolute atomic E-state index is 0.0927. The van der Waals surface area contributed by atoms with Gasteiger partial charge in [-0.25, -0.2) is 0 Å². The lowest BCUT2D eigenvalue weighted by molar-refractivity contribution is -0.137. The summed E-state index contributed by atoms with van der Waals surface area (Å²) in [5.41, 5.74) is -0.0524. The van der Waals surface area contributed by atoms with Gasteiger partial charge in [0.2, 0.25) is 0 Å². The predicted octanol–water partition coefficient (Wildman–Crippen LogP) is 3.08. The zero-order valence-corrected chi connectivity index (χ0v) is 13.3. The molecular formula is C15H31NO2. The Morgan fingerprint density at radius 1 is 0.944 bits per heavy atom. The molecule has 0 spiro atoms. The topological polar surface area (TPSA) is 21.7 Å². The van der Waals surface area contributed by atoms with Crippen LogP contribution >= 0.6 is 0 Å². The lowest BCUT2D eigenvalue weighted by atomic mass is 9.87. The lowest BCUT2D eigenvalue weighted by Crippen LogP contribution is -2.53. The minimum Gasteiger partial charge on any atom is -0.379 e. The minimum atomic E-state index is -0.111. The summed E-state index contributed by atoms with van der Waals surface area (Å²) in [6.07, 6.45) is 1.03. The first-order valence-electron chi connectivity index (χ1n) is 7.05. The summed E-state index contributed by atoms with van der Waals surface area (Å²) in [6, 6.07) is 0. The van der Waals surface area contributed by atoms with Gasteiger partial charge in [0.05, 0.1) is 24.4 Å². The zero-order chi connectivity index (χ0) is 14.0. The zero-order valence-electron chi connectivity index (χ0n) is 13.3. The van der Waals surface area contributed by atoms with Crippen molar-refractivity contribution < 1.29 is 9.47 Å². The summed E-state index contributed by atoms with van der Waals surface area (Å²) >= 11 is 0. The van der Waals surface area contributed by atoms with E-state index < -0.39 is 0 Å². The van der Waals surface area contributed by atoms with Gasteiger partial charge in [0.1, 0.15) is 0 Å². The van der Waals surface area contributed by atoms with Crippen LogP contribution in [-0.2, 0) is 9.47 Å². The van der Waals surface area contributed by atoms with Gasteiger partial charge in [0.25, 0.3) is 0 Å². The van der Waals surface area contributed by atoms with Gasteiger partial charge >= 0.3 is 0 Å². The fourth-order valence-electron chi connectivity index (χ4n) is 3.19. The highest BCUT2D eigenvalue weighted by Gasteiger charge is 2.36. The Bertz CT molecular complexity index is 260. The molecular weight excluding hydrogens is 226 g/mol. The van der Waals surface area contributed by atoms with Crippen LogP contribution in [0.15, 0.2) is 0 Å². The maximum Gasteiger partial charge on any atom is 0.0651 e. The molecule has 0 bridgehead atoms. The molecule has 0 aliphatic carbocycles. The van der Waals surface area contributed by atoms with E-state index in [-0.39, 0.29) is 16.7 Å². The van der Waals surface area contributed by atoms with Crippen molar-refractivity contribution >= 4 is 0 Å². The van der Waals surface area contributed by atoms with Crippen LogP contribution in [0.5, 0.6) is 0 Å². The molecule has 3 nitrogen and oxygen atoms in total. The molecule has 0 atom stereocenters. The fraction of sp³-hybridized carbons (Fsp3) is 1.00. The Morgan fingerprint density at radius 2 is 1.44 bits per heavy atom. The average molecular weight is 257 g/mol. The molecule has 0 unspecified atom stereocenters. The summed E-state index contributed by atoms with van der Waals surface area (Å²) in [4.78, 5) is 2.52. The van der Waals surface area contributed by atoms with E-state index in [1.165, 1.54) is 0 Å². The summed E-state index contributed by atoms with van der Waals surface area (Å²) in [5, 5.41) is 0. The van der Waals surface area contributed by atoms with Crippen molar-refractivity contribution in [3.05, 3.63) is 0 Å². The van der Waals surface area contributed by atoms with E-state index in [9.17, 15) is 0 Å². The van der Waals surface area contributed by atoms with E-state index >= 15 is 0 Å². The van der Waals surface area contributed by atoms with Crippen molar-refractivity contribution in [2.75, 3.05) is 26.3 Å². The summed E-state index contributed by atoms with van der Waals surface area (Å²) in [7, 11) is 0.